The third-order valence-corrected chi connectivity index (χ3v) is 2.27. The number of aliphatic hydroxyl groups excluding tert-OH is 1. The van der Waals surface area contributed by atoms with E-state index in [1.165, 1.54) is 0 Å². The molecule has 1 aliphatic rings. The zero-order valence-corrected chi connectivity index (χ0v) is 8.82. The van der Waals surface area contributed by atoms with Crippen LogP contribution in [0.1, 0.15) is 39.5 Å². The fourth-order valence-electron chi connectivity index (χ4n) is 1.55. The first-order chi connectivity index (χ1) is 6.58. The Morgan fingerprint density at radius 3 is 2.57 bits per heavy atom. The second-order valence-electron chi connectivity index (χ2n) is 4.02. The third kappa shape index (κ3) is 3.92. The van der Waals surface area contributed by atoms with Crippen LogP contribution >= 0.6 is 0 Å². The van der Waals surface area contributed by atoms with Gasteiger partial charge < -0.3 is 9.84 Å². The van der Waals surface area contributed by atoms with E-state index in [0.29, 0.717) is 0 Å². The van der Waals surface area contributed by atoms with Crippen LogP contribution in [0.25, 0.3) is 0 Å². The Balaban J connectivity index is 2.40. The van der Waals surface area contributed by atoms with Crippen LogP contribution in [0.2, 0.25) is 0 Å². The minimum atomic E-state index is -0.258. The number of ether oxygens (including phenoxy) is 1. The first kappa shape index (κ1) is 11.2. The average molecular weight is 198 g/mol. The van der Waals surface area contributed by atoms with Crippen LogP contribution in [-0.4, -0.2) is 23.3 Å². The molecular weight excluding hydrogens is 180 g/mol. The number of esters is 1. The molecule has 0 amide bonds. The van der Waals surface area contributed by atoms with Crippen molar-refractivity contribution >= 4 is 5.97 Å². The van der Waals surface area contributed by atoms with Crippen LogP contribution < -0.4 is 0 Å². The SMILES string of the molecule is CC(C)OC(=O)C=C1CCC(O)CC1. The molecule has 1 rings (SSSR count). The van der Waals surface area contributed by atoms with Crippen molar-refractivity contribution in [1.82, 2.24) is 0 Å². The molecule has 0 unspecified atom stereocenters. The van der Waals surface area contributed by atoms with Crippen molar-refractivity contribution in [3.8, 4) is 0 Å². The van der Waals surface area contributed by atoms with Gasteiger partial charge in [-0.25, -0.2) is 4.79 Å². The third-order valence-electron chi connectivity index (χ3n) is 2.27. The number of carbonyl (C=O) groups excluding carboxylic acids is 1. The van der Waals surface area contributed by atoms with E-state index < -0.39 is 0 Å². The summed E-state index contributed by atoms with van der Waals surface area (Å²) in [6, 6.07) is 0. The molecule has 1 saturated carbocycles. The van der Waals surface area contributed by atoms with Gasteiger partial charge in [-0.05, 0) is 39.5 Å². The van der Waals surface area contributed by atoms with Crippen molar-refractivity contribution in [2.75, 3.05) is 0 Å². The van der Waals surface area contributed by atoms with E-state index in [9.17, 15) is 9.90 Å². The average Bonchev–Trinajstić information content (AvgIpc) is 2.07. The van der Waals surface area contributed by atoms with Crippen molar-refractivity contribution < 1.29 is 14.6 Å². The van der Waals surface area contributed by atoms with Gasteiger partial charge in [-0.3, -0.25) is 0 Å². The predicted octanol–water partition coefficient (Wildman–Crippen LogP) is 1.80. The minimum Gasteiger partial charge on any atom is -0.460 e. The van der Waals surface area contributed by atoms with Gasteiger partial charge in [-0.15, -0.1) is 0 Å². The molecule has 0 radical (unpaired) electrons. The Morgan fingerprint density at radius 2 is 2.07 bits per heavy atom. The molecule has 80 valence electrons. The fourth-order valence-corrected chi connectivity index (χ4v) is 1.55. The molecule has 1 fully saturated rings. The number of aliphatic hydroxyl groups is 1. The van der Waals surface area contributed by atoms with Crippen molar-refractivity contribution in [2.24, 2.45) is 0 Å². The summed E-state index contributed by atoms with van der Waals surface area (Å²) in [5.74, 6) is -0.258. The maximum atomic E-state index is 11.2. The van der Waals surface area contributed by atoms with E-state index in [2.05, 4.69) is 0 Å². The summed E-state index contributed by atoms with van der Waals surface area (Å²) < 4.78 is 5.00. The Morgan fingerprint density at radius 1 is 1.50 bits per heavy atom. The molecule has 1 N–H and O–H groups in total. The lowest BCUT2D eigenvalue weighted by molar-refractivity contribution is -0.141. The highest BCUT2D eigenvalue weighted by Crippen LogP contribution is 2.23. The van der Waals surface area contributed by atoms with Crippen molar-refractivity contribution in [3.05, 3.63) is 11.6 Å². The fraction of sp³-hybridized carbons (Fsp3) is 0.727. The molecular formula is C11H18O3. The molecule has 3 heteroatoms. The lowest BCUT2D eigenvalue weighted by Gasteiger charge is -2.18. The number of allylic oxidation sites excluding steroid dienone is 1. The Bertz CT molecular complexity index is 221. The molecule has 0 saturated heterocycles. The lowest BCUT2D eigenvalue weighted by atomic mass is 9.92. The highest BCUT2D eigenvalue weighted by Gasteiger charge is 2.14. The van der Waals surface area contributed by atoms with E-state index in [1.807, 2.05) is 13.8 Å². The summed E-state index contributed by atoms with van der Waals surface area (Å²) in [4.78, 5) is 11.2. The van der Waals surface area contributed by atoms with Gasteiger partial charge in [0, 0.05) is 6.08 Å². The zero-order chi connectivity index (χ0) is 10.6. The van der Waals surface area contributed by atoms with E-state index in [-0.39, 0.29) is 18.2 Å². The van der Waals surface area contributed by atoms with E-state index in [1.54, 1.807) is 6.08 Å². The van der Waals surface area contributed by atoms with Gasteiger partial charge in [0.05, 0.1) is 12.2 Å². The summed E-state index contributed by atoms with van der Waals surface area (Å²) in [6.45, 7) is 3.67. The van der Waals surface area contributed by atoms with Gasteiger partial charge in [-0.2, -0.15) is 0 Å². The Kier molecular flexibility index (Phi) is 4.14. The molecule has 3 nitrogen and oxygen atoms in total. The van der Waals surface area contributed by atoms with Crippen LogP contribution in [-0.2, 0) is 9.53 Å². The molecule has 14 heavy (non-hydrogen) atoms. The van der Waals surface area contributed by atoms with E-state index in [4.69, 9.17) is 4.74 Å². The molecule has 0 aromatic heterocycles. The minimum absolute atomic E-state index is 0.0615. The monoisotopic (exact) mass is 198 g/mol. The Labute approximate surface area is 84.8 Å². The standard InChI is InChI=1S/C11H18O3/c1-8(2)14-11(13)7-9-3-5-10(12)6-4-9/h7-8,10,12H,3-6H2,1-2H3. The van der Waals surface area contributed by atoms with Crippen LogP contribution in [0.15, 0.2) is 11.6 Å². The molecule has 0 aromatic carbocycles. The van der Waals surface area contributed by atoms with Gasteiger partial charge in [0.15, 0.2) is 0 Å². The van der Waals surface area contributed by atoms with Crippen molar-refractivity contribution in [2.45, 2.75) is 51.7 Å². The highest BCUT2D eigenvalue weighted by atomic mass is 16.5. The molecule has 0 aromatic rings. The topological polar surface area (TPSA) is 46.5 Å². The first-order valence-corrected chi connectivity index (χ1v) is 5.16. The summed E-state index contributed by atoms with van der Waals surface area (Å²) in [5, 5.41) is 9.26. The number of hydrogen-bond acceptors (Lipinski definition) is 3. The smallest absolute Gasteiger partial charge is 0.330 e. The number of rotatable bonds is 2. The maximum Gasteiger partial charge on any atom is 0.330 e. The quantitative estimate of drug-likeness (QED) is 0.543. The molecule has 0 atom stereocenters. The number of hydrogen-bond donors (Lipinski definition) is 1. The zero-order valence-electron chi connectivity index (χ0n) is 8.82. The van der Waals surface area contributed by atoms with Crippen LogP contribution in [0.3, 0.4) is 0 Å². The van der Waals surface area contributed by atoms with E-state index in [0.717, 1.165) is 31.3 Å². The molecule has 0 bridgehead atoms. The summed E-state index contributed by atoms with van der Waals surface area (Å²) >= 11 is 0. The molecule has 0 spiro atoms. The second kappa shape index (κ2) is 5.15. The van der Waals surface area contributed by atoms with Crippen LogP contribution in [0.5, 0.6) is 0 Å². The molecule has 0 aliphatic heterocycles. The van der Waals surface area contributed by atoms with Crippen LogP contribution in [0, 0.1) is 0 Å². The highest BCUT2D eigenvalue weighted by molar-refractivity contribution is 5.82. The largest absolute Gasteiger partial charge is 0.460 e. The first-order valence-electron chi connectivity index (χ1n) is 5.16. The number of carbonyl (C=O) groups is 1. The maximum absolute atomic E-state index is 11.2. The van der Waals surface area contributed by atoms with Crippen molar-refractivity contribution in [1.29, 1.82) is 0 Å². The Hall–Kier alpha value is -0.830. The van der Waals surface area contributed by atoms with Crippen LogP contribution in [0.4, 0.5) is 0 Å². The second-order valence-corrected chi connectivity index (χ2v) is 4.02. The van der Waals surface area contributed by atoms with Gasteiger partial charge in [-0.1, -0.05) is 5.57 Å². The summed E-state index contributed by atoms with van der Waals surface area (Å²) in [6.07, 6.45) is 4.48. The predicted molar refractivity (Wildman–Crippen MR) is 53.8 cm³/mol. The lowest BCUT2D eigenvalue weighted by Crippen LogP contribution is -2.14. The van der Waals surface area contributed by atoms with Crippen molar-refractivity contribution in [3.63, 3.8) is 0 Å². The van der Waals surface area contributed by atoms with Gasteiger partial charge in [0.1, 0.15) is 0 Å². The van der Waals surface area contributed by atoms with Gasteiger partial charge >= 0.3 is 5.97 Å². The normalized spacial score (nSPS) is 22.3. The van der Waals surface area contributed by atoms with E-state index >= 15 is 0 Å². The summed E-state index contributed by atoms with van der Waals surface area (Å²) in [7, 11) is 0. The molecule has 1 aliphatic carbocycles. The van der Waals surface area contributed by atoms with Gasteiger partial charge in [0.2, 0.25) is 0 Å². The molecule has 0 heterocycles. The van der Waals surface area contributed by atoms with Gasteiger partial charge in [0.25, 0.3) is 0 Å². The summed E-state index contributed by atoms with van der Waals surface area (Å²) in [5.41, 5.74) is 1.10.